The lowest BCUT2D eigenvalue weighted by Gasteiger charge is -2.35. The van der Waals surface area contributed by atoms with Crippen molar-refractivity contribution in [3.63, 3.8) is 0 Å². The highest BCUT2D eigenvalue weighted by Gasteiger charge is 2.27. The lowest BCUT2D eigenvalue weighted by molar-refractivity contribution is 0.1000. The third kappa shape index (κ3) is 4.12. The Morgan fingerprint density at radius 1 is 1.29 bits per heavy atom. The number of amides is 1. The number of rotatable bonds is 7. The zero-order valence-electron chi connectivity index (χ0n) is 15.8. The molecule has 1 unspecified atom stereocenters. The molecule has 0 fully saturated rings. The summed E-state index contributed by atoms with van der Waals surface area (Å²) in [5, 5.41) is 0. The molecule has 1 atom stereocenters. The van der Waals surface area contributed by atoms with Crippen molar-refractivity contribution in [2.45, 2.75) is 38.3 Å². The summed E-state index contributed by atoms with van der Waals surface area (Å²) in [6.07, 6.45) is 9.69. The highest BCUT2D eigenvalue weighted by molar-refractivity contribution is 5.92. The Labute approximate surface area is 164 Å². The number of benzene rings is 1. The molecule has 0 saturated carbocycles. The van der Waals surface area contributed by atoms with E-state index in [1.165, 1.54) is 11.3 Å². The molecule has 2 aromatic heterocycles. The fourth-order valence-corrected chi connectivity index (χ4v) is 4.03. The van der Waals surface area contributed by atoms with Crippen molar-refractivity contribution in [1.29, 1.82) is 0 Å². The molecular weight excluding hydrogens is 350 g/mol. The van der Waals surface area contributed by atoms with Crippen LogP contribution in [-0.2, 0) is 19.4 Å². The second-order valence-corrected chi connectivity index (χ2v) is 7.32. The van der Waals surface area contributed by atoms with Gasteiger partial charge in [-0.3, -0.25) is 14.7 Å². The molecule has 3 N–H and O–H groups in total. The summed E-state index contributed by atoms with van der Waals surface area (Å²) in [6.45, 7) is 1.62. The Morgan fingerprint density at radius 3 is 3.04 bits per heavy atom. The number of aryl methyl sites for hydroxylation is 1. The largest absolute Gasteiger partial charge is 0.366 e. The Balaban J connectivity index is 1.61. The van der Waals surface area contributed by atoms with Gasteiger partial charge >= 0.3 is 0 Å². The van der Waals surface area contributed by atoms with E-state index in [-0.39, 0.29) is 6.04 Å². The van der Waals surface area contributed by atoms with Gasteiger partial charge in [-0.15, -0.1) is 0 Å². The van der Waals surface area contributed by atoms with Crippen molar-refractivity contribution in [3.05, 3.63) is 83.2 Å². The fourth-order valence-electron chi connectivity index (χ4n) is 4.03. The van der Waals surface area contributed by atoms with Crippen LogP contribution in [0.25, 0.3) is 0 Å². The van der Waals surface area contributed by atoms with Gasteiger partial charge in [0.05, 0.1) is 18.1 Å². The predicted octanol–water partition coefficient (Wildman–Crippen LogP) is 3.03. The van der Waals surface area contributed by atoms with E-state index >= 15 is 0 Å². The zero-order valence-corrected chi connectivity index (χ0v) is 15.8. The Morgan fingerprint density at radius 2 is 2.21 bits per heavy atom. The molecule has 6 heteroatoms. The van der Waals surface area contributed by atoms with Crippen LogP contribution in [0.5, 0.6) is 0 Å². The van der Waals surface area contributed by atoms with Crippen molar-refractivity contribution < 1.29 is 4.79 Å². The third-order valence-electron chi connectivity index (χ3n) is 5.43. The van der Waals surface area contributed by atoms with Gasteiger partial charge in [0.2, 0.25) is 5.91 Å². The number of imidazole rings is 1. The van der Waals surface area contributed by atoms with Gasteiger partial charge in [-0.05, 0) is 48.6 Å². The number of nitrogens with zero attached hydrogens (tertiary/aromatic N) is 3. The molecule has 0 aliphatic heterocycles. The SMILES string of the molecule is NC(=O)c1cccc(CN(CCc2cnc[nH]2)C2CCCc3cccnc32)c1. The standard InChI is InChI=1S/C22H25N5O/c23-22(28)18-6-1-4-16(12-18)14-27(11-9-19-13-24-15-26-19)20-8-2-5-17-7-3-10-25-21(17)20/h1,3-4,6-7,10,12-13,15,20H,2,5,8-9,11,14H2,(H2,23,28)(H,24,26). The van der Waals surface area contributed by atoms with E-state index in [4.69, 9.17) is 10.7 Å². The highest BCUT2D eigenvalue weighted by Crippen LogP contribution is 2.33. The maximum Gasteiger partial charge on any atom is 0.248 e. The van der Waals surface area contributed by atoms with Gasteiger partial charge in [-0.1, -0.05) is 18.2 Å². The van der Waals surface area contributed by atoms with Gasteiger partial charge in [0.15, 0.2) is 0 Å². The van der Waals surface area contributed by atoms with Crippen LogP contribution >= 0.6 is 0 Å². The number of primary amides is 1. The molecule has 1 aliphatic rings. The molecule has 1 aliphatic carbocycles. The molecule has 0 radical (unpaired) electrons. The Bertz CT molecular complexity index is 938. The van der Waals surface area contributed by atoms with Crippen LogP contribution in [0.1, 0.15) is 51.8 Å². The van der Waals surface area contributed by atoms with E-state index < -0.39 is 5.91 Å². The number of pyridine rings is 1. The molecule has 4 rings (SSSR count). The average molecular weight is 375 g/mol. The Hall–Kier alpha value is -2.99. The van der Waals surface area contributed by atoms with Crippen molar-refractivity contribution in [1.82, 2.24) is 19.9 Å². The average Bonchev–Trinajstić information content (AvgIpc) is 3.24. The summed E-state index contributed by atoms with van der Waals surface area (Å²) in [4.78, 5) is 26.1. The van der Waals surface area contributed by atoms with Crippen LogP contribution in [0.4, 0.5) is 0 Å². The monoisotopic (exact) mass is 375 g/mol. The quantitative estimate of drug-likeness (QED) is 0.664. The van der Waals surface area contributed by atoms with Crippen molar-refractivity contribution >= 4 is 5.91 Å². The molecule has 1 amide bonds. The van der Waals surface area contributed by atoms with Gasteiger partial charge in [-0.25, -0.2) is 4.98 Å². The minimum Gasteiger partial charge on any atom is -0.366 e. The van der Waals surface area contributed by atoms with Crippen molar-refractivity contribution in [3.8, 4) is 0 Å². The van der Waals surface area contributed by atoms with Gasteiger partial charge in [0, 0.05) is 43.2 Å². The molecule has 144 valence electrons. The molecule has 0 bridgehead atoms. The minimum atomic E-state index is -0.393. The molecule has 0 saturated heterocycles. The van der Waals surface area contributed by atoms with E-state index in [2.05, 4.69) is 27.0 Å². The maximum absolute atomic E-state index is 11.6. The summed E-state index contributed by atoms with van der Waals surface area (Å²) < 4.78 is 0. The molecule has 0 spiro atoms. The van der Waals surface area contributed by atoms with E-state index in [0.29, 0.717) is 5.56 Å². The fraction of sp³-hybridized carbons (Fsp3) is 0.318. The second-order valence-electron chi connectivity index (χ2n) is 7.32. The Kier molecular flexibility index (Phi) is 5.48. The van der Waals surface area contributed by atoms with Crippen LogP contribution < -0.4 is 5.73 Å². The summed E-state index contributed by atoms with van der Waals surface area (Å²) in [5.41, 5.74) is 10.8. The van der Waals surface area contributed by atoms with Gasteiger partial charge in [0.1, 0.15) is 0 Å². The smallest absolute Gasteiger partial charge is 0.248 e. The zero-order chi connectivity index (χ0) is 19.3. The van der Waals surface area contributed by atoms with E-state index in [0.717, 1.165) is 50.0 Å². The minimum absolute atomic E-state index is 0.269. The van der Waals surface area contributed by atoms with Crippen LogP contribution in [0, 0.1) is 0 Å². The summed E-state index contributed by atoms with van der Waals surface area (Å²) >= 11 is 0. The predicted molar refractivity (Wildman–Crippen MR) is 108 cm³/mol. The molecular formula is C22H25N5O. The molecule has 1 aromatic carbocycles. The number of carbonyl (C=O) groups is 1. The van der Waals surface area contributed by atoms with E-state index in [1.54, 1.807) is 12.4 Å². The first kappa shape index (κ1) is 18.4. The number of hydrogen-bond donors (Lipinski definition) is 2. The van der Waals surface area contributed by atoms with E-state index in [9.17, 15) is 4.79 Å². The van der Waals surface area contributed by atoms with Crippen molar-refractivity contribution in [2.24, 2.45) is 5.73 Å². The number of carbonyl (C=O) groups excluding carboxylic acids is 1. The lowest BCUT2D eigenvalue weighted by Crippen LogP contribution is -2.33. The van der Waals surface area contributed by atoms with Crippen LogP contribution in [0.2, 0.25) is 0 Å². The molecule has 28 heavy (non-hydrogen) atoms. The topological polar surface area (TPSA) is 87.9 Å². The van der Waals surface area contributed by atoms with Crippen LogP contribution in [-0.4, -0.2) is 32.3 Å². The molecule has 3 aromatic rings. The summed E-state index contributed by atoms with van der Waals surface area (Å²) in [6, 6.07) is 12.1. The number of hydrogen-bond acceptors (Lipinski definition) is 4. The highest BCUT2D eigenvalue weighted by atomic mass is 16.1. The normalized spacial score (nSPS) is 16.1. The first-order valence-electron chi connectivity index (χ1n) is 9.74. The van der Waals surface area contributed by atoms with Crippen LogP contribution in [0.3, 0.4) is 0 Å². The molecule has 6 nitrogen and oxygen atoms in total. The maximum atomic E-state index is 11.6. The second kappa shape index (κ2) is 8.35. The molecule has 2 heterocycles. The number of fused-ring (bicyclic) bond motifs is 1. The first-order valence-corrected chi connectivity index (χ1v) is 9.74. The summed E-state index contributed by atoms with van der Waals surface area (Å²) in [7, 11) is 0. The number of aromatic nitrogens is 3. The number of aromatic amines is 1. The number of nitrogens with two attached hydrogens (primary N) is 1. The van der Waals surface area contributed by atoms with Crippen LogP contribution in [0.15, 0.2) is 55.1 Å². The first-order chi connectivity index (χ1) is 13.7. The number of nitrogens with one attached hydrogen (secondary N) is 1. The van der Waals surface area contributed by atoms with Gasteiger partial charge in [-0.2, -0.15) is 0 Å². The number of H-pyrrole nitrogens is 1. The van der Waals surface area contributed by atoms with E-state index in [1.807, 2.05) is 30.6 Å². The summed E-state index contributed by atoms with van der Waals surface area (Å²) in [5.74, 6) is -0.393. The third-order valence-corrected chi connectivity index (χ3v) is 5.43. The lowest BCUT2D eigenvalue weighted by atomic mass is 9.90. The van der Waals surface area contributed by atoms with Gasteiger partial charge in [0.25, 0.3) is 0 Å². The van der Waals surface area contributed by atoms with Gasteiger partial charge < -0.3 is 10.7 Å². The van der Waals surface area contributed by atoms with Crippen molar-refractivity contribution in [2.75, 3.05) is 6.54 Å².